The molecule has 0 saturated carbocycles. The van der Waals surface area contributed by atoms with Crippen molar-refractivity contribution in [2.45, 2.75) is 64.6 Å². The first-order chi connectivity index (χ1) is 19.9. The first-order valence-electron chi connectivity index (χ1n) is 14.5. The van der Waals surface area contributed by atoms with E-state index in [1.807, 2.05) is 36.4 Å². The fraction of sp³-hybridized carbons (Fsp3) is 0.314. The van der Waals surface area contributed by atoms with Crippen molar-refractivity contribution in [2.75, 3.05) is 11.4 Å². The number of benzene rings is 4. The number of anilines is 1. The molecule has 1 fully saturated rings. The highest BCUT2D eigenvalue weighted by Gasteiger charge is 2.52. The van der Waals surface area contributed by atoms with Crippen LogP contribution in [0, 0.1) is 0 Å². The zero-order chi connectivity index (χ0) is 30.1. The van der Waals surface area contributed by atoms with E-state index in [1.54, 1.807) is 25.7 Å². The summed E-state index contributed by atoms with van der Waals surface area (Å²) in [5.74, 6) is 0.617. The van der Waals surface area contributed by atoms with E-state index in [0.717, 1.165) is 22.2 Å². The number of rotatable bonds is 6. The second kappa shape index (κ2) is 11.3. The Morgan fingerprint density at radius 1 is 0.833 bits per heavy atom. The molecule has 7 heteroatoms. The van der Waals surface area contributed by atoms with Gasteiger partial charge in [0.15, 0.2) is 0 Å². The number of hydrogen-bond donors (Lipinski definition) is 1. The molecule has 5 rings (SSSR count). The molecule has 2 amide bonds. The van der Waals surface area contributed by atoms with Gasteiger partial charge >= 0.3 is 14.4 Å². The Bertz CT molecular complexity index is 1540. The SMILES string of the molecule is CC(C)(C)OC(=O)N[C@H]1CCN(c2cccc3ccc(O[Si](c4ccccc4)(c4ccccc4)C(C)(C)C)cc23)C1=O. The first-order valence-corrected chi connectivity index (χ1v) is 16.4. The molecule has 0 spiro atoms. The Labute approximate surface area is 249 Å². The van der Waals surface area contributed by atoms with Crippen molar-refractivity contribution in [1.82, 2.24) is 5.32 Å². The predicted molar refractivity (Wildman–Crippen MR) is 172 cm³/mol. The quantitative estimate of drug-likeness (QED) is 0.268. The minimum atomic E-state index is -2.83. The molecule has 0 aliphatic carbocycles. The van der Waals surface area contributed by atoms with Crippen LogP contribution in [0.1, 0.15) is 48.0 Å². The van der Waals surface area contributed by atoms with Crippen molar-refractivity contribution < 1.29 is 18.8 Å². The van der Waals surface area contributed by atoms with Crippen LogP contribution in [0.4, 0.5) is 10.5 Å². The summed E-state index contributed by atoms with van der Waals surface area (Å²) >= 11 is 0. The Balaban J connectivity index is 1.53. The molecule has 42 heavy (non-hydrogen) atoms. The molecule has 1 N–H and O–H groups in total. The molecule has 1 atom stereocenters. The molecule has 218 valence electrons. The van der Waals surface area contributed by atoms with Crippen LogP contribution in [-0.2, 0) is 9.53 Å². The third kappa shape index (κ3) is 5.79. The number of amides is 2. The van der Waals surface area contributed by atoms with Crippen LogP contribution in [0.5, 0.6) is 5.75 Å². The highest BCUT2D eigenvalue weighted by Crippen LogP contribution is 2.39. The van der Waals surface area contributed by atoms with E-state index in [0.29, 0.717) is 13.0 Å². The van der Waals surface area contributed by atoms with Crippen molar-refractivity contribution in [2.24, 2.45) is 0 Å². The van der Waals surface area contributed by atoms with Gasteiger partial charge in [0.25, 0.3) is 0 Å². The van der Waals surface area contributed by atoms with E-state index in [4.69, 9.17) is 9.16 Å². The summed E-state index contributed by atoms with van der Waals surface area (Å²) in [4.78, 5) is 27.6. The van der Waals surface area contributed by atoms with Gasteiger partial charge in [0, 0.05) is 11.9 Å². The maximum Gasteiger partial charge on any atom is 0.408 e. The van der Waals surface area contributed by atoms with E-state index in [1.165, 1.54) is 10.4 Å². The molecule has 1 saturated heterocycles. The Morgan fingerprint density at radius 3 is 2.02 bits per heavy atom. The molecular formula is C35H40N2O4Si. The number of fused-ring (bicyclic) bond motifs is 1. The standard InChI is InChI=1S/C35H40N2O4Si/c1-34(2,3)40-33(39)36-30-22-23-37(32(30)38)31-19-13-14-25-20-21-26(24-29(25)31)41-42(35(4,5)6,27-15-9-7-10-16-27)28-17-11-8-12-18-28/h7-21,24,30H,22-23H2,1-6H3,(H,36,39)/t30-/m0/s1. The number of nitrogens with one attached hydrogen (secondary N) is 1. The largest absolute Gasteiger partial charge is 0.534 e. The van der Waals surface area contributed by atoms with Crippen molar-refractivity contribution in [1.29, 1.82) is 0 Å². The van der Waals surface area contributed by atoms with Gasteiger partial charge < -0.3 is 19.4 Å². The van der Waals surface area contributed by atoms with E-state index < -0.39 is 26.1 Å². The molecule has 0 radical (unpaired) electrons. The van der Waals surface area contributed by atoms with Gasteiger partial charge in [-0.15, -0.1) is 0 Å². The molecule has 1 aliphatic rings. The average Bonchev–Trinajstić information content (AvgIpc) is 3.29. The van der Waals surface area contributed by atoms with Crippen molar-refractivity contribution in [3.8, 4) is 5.75 Å². The number of carbonyl (C=O) groups excluding carboxylic acids is 2. The third-order valence-electron chi connectivity index (χ3n) is 7.71. The Hall–Kier alpha value is -4.10. The number of ether oxygens (including phenoxy) is 1. The monoisotopic (exact) mass is 580 g/mol. The molecule has 4 aromatic carbocycles. The summed E-state index contributed by atoms with van der Waals surface area (Å²) in [5, 5.41) is 6.91. The van der Waals surface area contributed by atoms with Crippen LogP contribution in [0.25, 0.3) is 10.8 Å². The fourth-order valence-electron chi connectivity index (χ4n) is 5.86. The maximum absolute atomic E-state index is 13.5. The predicted octanol–water partition coefficient (Wildman–Crippen LogP) is 6.41. The van der Waals surface area contributed by atoms with Crippen molar-refractivity contribution in [3.05, 3.63) is 97.1 Å². The molecule has 0 bridgehead atoms. The normalized spacial score (nSPS) is 16.0. The zero-order valence-corrected chi connectivity index (χ0v) is 26.3. The summed E-state index contributed by atoms with van der Waals surface area (Å²) in [6, 6.07) is 32.6. The van der Waals surface area contributed by atoms with Crippen LogP contribution in [-0.4, -0.2) is 38.5 Å². The van der Waals surface area contributed by atoms with E-state index in [-0.39, 0.29) is 10.9 Å². The van der Waals surface area contributed by atoms with Crippen LogP contribution in [0.3, 0.4) is 0 Å². The van der Waals surface area contributed by atoms with Crippen LogP contribution in [0.2, 0.25) is 5.04 Å². The number of carbonyl (C=O) groups is 2. The smallest absolute Gasteiger partial charge is 0.408 e. The Kier molecular flexibility index (Phi) is 7.90. The van der Waals surface area contributed by atoms with E-state index in [9.17, 15) is 9.59 Å². The summed E-state index contributed by atoms with van der Waals surface area (Å²) in [7, 11) is -2.83. The number of alkyl carbamates (subject to hydrolysis) is 1. The highest BCUT2D eigenvalue weighted by molar-refractivity contribution is 7.00. The third-order valence-corrected chi connectivity index (χ3v) is 12.7. The molecule has 0 aromatic heterocycles. The summed E-state index contributed by atoms with van der Waals surface area (Å²) in [6.07, 6.45) is -0.0752. The first kappa shape index (κ1) is 29.4. The zero-order valence-electron chi connectivity index (χ0n) is 25.3. The second-order valence-corrected chi connectivity index (χ2v) is 17.1. The highest BCUT2D eigenvalue weighted by atomic mass is 28.4. The average molecular weight is 581 g/mol. The minimum absolute atomic E-state index is 0.147. The molecule has 0 unspecified atom stereocenters. The minimum Gasteiger partial charge on any atom is -0.534 e. The lowest BCUT2D eigenvalue weighted by Crippen LogP contribution is -2.68. The van der Waals surface area contributed by atoms with Gasteiger partial charge in [-0.2, -0.15) is 0 Å². The van der Waals surface area contributed by atoms with Gasteiger partial charge in [-0.1, -0.05) is 99.6 Å². The molecular weight excluding hydrogens is 540 g/mol. The van der Waals surface area contributed by atoms with Gasteiger partial charge in [-0.3, -0.25) is 4.79 Å². The van der Waals surface area contributed by atoms with Gasteiger partial charge in [0.1, 0.15) is 17.4 Å². The molecule has 1 heterocycles. The van der Waals surface area contributed by atoms with Crippen LogP contribution < -0.4 is 25.0 Å². The van der Waals surface area contributed by atoms with Gasteiger partial charge in [-0.05, 0) is 66.2 Å². The summed E-state index contributed by atoms with van der Waals surface area (Å²) < 4.78 is 12.7. The molecule has 1 aliphatic heterocycles. The summed E-state index contributed by atoms with van der Waals surface area (Å²) in [5.41, 5.74) is 0.168. The van der Waals surface area contributed by atoms with Gasteiger partial charge in [0.05, 0.1) is 5.69 Å². The lowest BCUT2D eigenvalue weighted by Gasteiger charge is -2.43. The van der Waals surface area contributed by atoms with E-state index >= 15 is 0 Å². The second-order valence-electron chi connectivity index (χ2n) is 12.9. The summed E-state index contributed by atoms with van der Waals surface area (Å²) in [6.45, 7) is 12.7. The van der Waals surface area contributed by atoms with Crippen molar-refractivity contribution >= 4 is 47.2 Å². The number of nitrogens with zero attached hydrogens (tertiary/aromatic N) is 1. The molecule has 4 aromatic rings. The lowest BCUT2D eigenvalue weighted by molar-refractivity contribution is -0.118. The van der Waals surface area contributed by atoms with Crippen molar-refractivity contribution in [3.63, 3.8) is 0 Å². The fourth-order valence-corrected chi connectivity index (χ4v) is 10.3. The lowest BCUT2D eigenvalue weighted by atomic mass is 10.1. The van der Waals surface area contributed by atoms with Crippen LogP contribution in [0.15, 0.2) is 97.1 Å². The van der Waals surface area contributed by atoms with Crippen LogP contribution >= 0.6 is 0 Å². The van der Waals surface area contributed by atoms with E-state index in [2.05, 4.69) is 86.8 Å². The number of hydrogen-bond acceptors (Lipinski definition) is 4. The van der Waals surface area contributed by atoms with Gasteiger partial charge in [0.2, 0.25) is 5.91 Å². The topological polar surface area (TPSA) is 67.9 Å². The maximum atomic E-state index is 13.5. The van der Waals surface area contributed by atoms with Gasteiger partial charge in [-0.25, -0.2) is 4.79 Å². The Morgan fingerprint density at radius 2 is 1.45 bits per heavy atom. The molecule has 6 nitrogen and oxygen atoms in total.